The molecule has 1 unspecified atom stereocenters. The van der Waals surface area contributed by atoms with Crippen LogP contribution in [0.15, 0.2) is 78.7 Å². The smallest absolute Gasteiger partial charge is 0.270 e. The number of nitrogens with one attached hydrogen (secondary N) is 1. The minimum Gasteiger partial charge on any atom is -0.493 e. The maximum absolute atomic E-state index is 13.9. The summed E-state index contributed by atoms with van der Waals surface area (Å²) in [7, 11) is 3.22. The van der Waals surface area contributed by atoms with Crippen molar-refractivity contribution in [2.75, 3.05) is 58.4 Å². The van der Waals surface area contributed by atoms with Gasteiger partial charge < -0.3 is 24.6 Å². The molecule has 3 heterocycles. The zero-order chi connectivity index (χ0) is 36.6. The minimum atomic E-state index is -0.275. The van der Waals surface area contributed by atoms with Crippen LogP contribution < -0.4 is 19.7 Å². The number of hydrogen-bond donors (Lipinski definition) is 1. The third-order valence-electron chi connectivity index (χ3n) is 10.5. The van der Waals surface area contributed by atoms with Crippen LogP contribution in [0.4, 0.5) is 5.69 Å². The monoisotopic (exact) mass is 721 g/mol. The summed E-state index contributed by atoms with van der Waals surface area (Å²) < 4.78 is 11.2. The van der Waals surface area contributed by atoms with Gasteiger partial charge in [-0.2, -0.15) is 0 Å². The fraction of sp³-hybridized carbons (Fsp3) is 0.405. The van der Waals surface area contributed by atoms with Gasteiger partial charge in [0, 0.05) is 66.7 Å². The molecule has 1 saturated heterocycles. The number of fused-ring (bicyclic) bond motifs is 1. The minimum absolute atomic E-state index is 0.0445. The van der Waals surface area contributed by atoms with Crippen molar-refractivity contribution < 1.29 is 19.1 Å². The summed E-state index contributed by atoms with van der Waals surface area (Å²) in [6, 6.07) is 22.5. The average molecular weight is 722 g/mol. The van der Waals surface area contributed by atoms with E-state index in [2.05, 4.69) is 74.9 Å². The van der Waals surface area contributed by atoms with Crippen LogP contribution >= 0.6 is 11.3 Å². The second-order valence-electron chi connectivity index (χ2n) is 13.6. The molecule has 1 amide bonds. The van der Waals surface area contributed by atoms with Gasteiger partial charge in [0.1, 0.15) is 5.69 Å². The van der Waals surface area contributed by atoms with E-state index >= 15 is 0 Å². The van der Waals surface area contributed by atoms with E-state index in [0.29, 0.717) is 41.8 Å². The number of anilines is 1. The van der Waals surface area contributed by atoms with Crippen molar-refractivity contribution in [1.82, 2.24) is 20.1 Å². The lowest BCUT2D eigenvalue weighted by molar-refractivity contribution is 0.0911. The van der Waals surface area contributed by atoms with Crippen molar-refractivity contribution in [2.45, 2.75) is 58.0 Å². The largest absolute Gasteiger partial charge is 0.493 e. The number of aromatic nitrogens is 1. The van der Waals surface area contributed by atoms with E-state index < -0.39 is 0 Å². The number of thiazole rings is 1. The van der Waals surface area contributed by atoms with Crippen LogP contribution in [0.5, 0.6) is 11.5 Å². The predicted octanol–water partition coefficient (Wildman–Crippen LogP) is 7.94. The fourth-order valence-electron chi connectivity index (χ4n) is 7.10. The molecular formula is C42H51N5O4S. The van der Waals surface area contributed by atoms with E-state index in [1.165, 1.54) is 42.6 Å². The molecule has 7 rings (SSSR count). The molecule has 0 bridgehead atoms. The Morgan fingerprint density at radius 3 is 2.27 bits per heavy atom. The van der Waals surface area contributed by atoms with Gasteiger partial charge in [-0.25, -0.2) is 4.98 Å². The number of piperazine rings is 1. The second-order valence-corrected chi connectivity index (χ2v) is 14.7. The number of Topliss-reactive ketones (excluding diaryl/α,β-unsaturated/α-hetero) is 1. The highest BCUT2D eigenvalue weighted by atomic mass is 32.1. The lowest BCUT2D eigenvalue weighted by atomic mass is 9.90. The van der Waals surface area contributed by atoms with E-state index in [4.69, 9.17) is 9.47 Å². The lowest BCUT2D eigenvalue weighted by Crippen LogP contribution is -2.48. The maximum Gasteiger partial charge on any atom is 0.270 e. The van der Waals surface area contributed by atoms with Crippen molar-refractivity contribution >= 4 is 34.4 Å². The first-order valence-electron chi connectivity index (χ1n) is 18.4. The molecule has 1 aliphatic carbocycles. The van der Waals surface area contributed by atoms with Crippen LogP contribution in [0.25, 0.3) is 5.70 Å². The van der Waals surface area contributed by atoms with Gasteiger partial charge in [-0.05, 0) is 49.6 Å². The first kappa shape index (κ1) is 37.1. The highest BCUT2D eigenvalue weighted by molar-refractivity contribution is 7.09. The molecule has 2 fully saturated rings. The summed E-state index contributed by atoms with van der Waals surface area (Å²) in [5.41, 5.74) is 6.07. The molecule has 274 valence electrons. The normalized spacial score (nSPS) is 16.9. The molecule has 2 atom stereocenters. The molecule has 10 heteroatoms. The van der Waals surface area contributed by atoms with Crippen LogP contribution in [0, 0.1) is 6.92 Å². The van der Waals surface area contributed by atoms with Gasteiger partial charge in [0.25, 0.3) is 5.91 Å². The number of amides is 1. The molecular weight excluding hydrogens is 671 g/mol. The number of nitrogens with zero attached hydrogens (tertiary/aromatic N) is 4. The Labute approximate surface area is 312 Å². The van der Waals surface area contributed by atoms with Crippen molar-refractivity contribution in [1.29, 1.82) is 0 Å². The van der Waals surface area contributed by atoms with Crippen LogP contribution in [-0.4, -0.2) is 80.0 Å². The first-order chi connectivity index (χ1) is 25.3. The van der Waals surface area contributed by atoms with E-state index in [9.17, 15) is 9.59 Å². The van der Waals surface area contributed by atoms with Gasteiger partial charge in [-0.1, -0.05) is 80.8 Å². The maximum atomic E-state index is 13.9. The van der Waals surface area contributed by atoms with Crippen molar-refractivity contribution in [3.8, 4) is 11.5 Å². The SMILES string of the molecule is C1CCC1.C=C1c2c(cccc2N2CCN([C@H](C)c3ccccc3)CC2)C(=O)CN1C(CCNC(=O)c1csc(C)n1)c1ccc(OC)c(OC)c1. The summed E-state index contributed by atoms with van der Waals surface area (Å²) in [4.78, 5) is 38.1. The number of carbonyl (C=O) groups is 2. The molecule has 2 aliphatic heterocycles. The molecule has 1 saturated carbocycles. The Bertz CT molecular complexity index is 1840. The van der Waals surface area contributed by atoms with Gasteiger partial charge in [-0.15, -0.1) is 11.3 Å². The average Bonchev–Trinajstić information content (AvgIpc) is 3.60. The van der Waals surface area contributed by atoms with E-state index in [1.54, 1.807) is 19.6 Å². The van der Waals surface area contributed by atoms with Crippen LogP contribution in [0.1, 0.15) is 93.7 Å². The van der Waals surface area contributed by atoms with Crippen LogP contribution in [0.2, 0.25) is 0 Å². The number of ether oxygens (including phenoxy) is 2. The molecule has 0 radical (unpaired) electrons. The lowest BCUT2D eigenvalue weighted by Gasteiger charge is -2.43. The number of hydrogen-bond acceptors (Lipinski definition) is 9. The molecule has 3 aliphatic rings. The standard InChI is InChI=1S/C38H43N5O4S.C4H8/c1-25(28-10-7-6-8-11-28)41-18-20-42(21-19-41)33-13-9-12-30-34(44)23-43(26(2)37(30)33)32(29-14-15-35(46-4)36(22-29)47-5)16-17-39-38(45)31-24-48-27(3)40-31;1-2-4-3-1/h6-15,22,24-25,32H,2,16-21,23H2,1,3-5H3,(H,39,45);1-4H2/t25-,32?;/m1./s1. The topological polar surface area (TPSA) is 87.2 Å². The third kappa shape index (κ3) is 8.34. The summed E-state index contributed by atoms with van der Waals surface area (Å²) in [6.45, 7) is 12.8. The zero-order valence-corrected chi connectivity index (χ0v) is 31.7. The van der Waals surface area contributed by atoms with E-state index in [0.717, 1.165) is 53.7 Å². The Kier molecular flexibility index (Phi) is 12.3. The number of methoxy groups -OCH3 is 2. The molecule has 52 heavy (non-hydrogen) atoms. The molecule has 1 aromatic heterocycles. The summed E-state index contributed by atoms with van der Waals surface area (Å²) >= 11 is 1.45. The molecule has 4 aromatic rings. The van der Waals surface area contributed by atoms with Gasteiger partial charge in [0.2, 0.25) is 0 Å². The summed E-state index contributed by atoms with van der Waals surface area (Å²) in [5, 5.41) is 5.64. The van der Waals surface area contributed by atoms with Crippen molar-refractivity contribution in [2.24, 2.45) is 0 Å². The Morgan fingerprint density at radius 1 is 0.923 bits per heavy atom. The van der Waals surface area contributed by atoms with Crippen LogP contribution in [-0.2, 0) is 0 Å². The van der Waals surface area contributed by atoms with Gasteiger partial charge >= 0.3 is 0 Å². The van der Waals surface area contributed by atoms with Crippen LogP contribution in [0.3, 0.4) is 0 Å². The summed E-state index contributed by atoms with van der Waals surface area (Å²) in [5.74, 6) is 1.05. The Balaban J connectivity index is 0.00000109. The van der Waals surface area contributed by atoms with E-state index in [1.807, 2.05) is 37.3 Å². The fourth-order valence-corrected chi connectivity index (χ4v) is 7.70. The molecule has 9 nitrogen and oxygen atoms in total. The zero-order valence-electron chi connectivity index (χ0n) is 30.9. The molecule has 1 N–H and O–H groups in total. The molecule has 0 spiro atoms. The Morgan fingerprint density at radius 2 is 1.63 bits per heavy atom. The Hall–Kier alpha value is -4.67. The van der Waals surface area contributed by atoms with Gasteiger partial charge in [-0.3, -0.25) is 14.5 Å². The highest BCUT2D eigenvalue weighted by Crippen LogP contribution is 2.42. The first-order valence-corrected chi connectivity index (χ1v) is 19.2. The van der Waals surface area contributed by atoms with E-state index in [-0.39, 0.29) is 24.3 Å². The predicted molar refractivity (Wildman–Crippen MR) is 210 cm³/mol. The highest BCUT2D eigenvalue weighted by Gasteiger charge is 2.35. The number of ketones is 1. The molecule has 3 aromatic carbocycles. The van der Waals surface area contributed by atoms with Crippen molar-refractivity contribution in [3.05, 3.63) is 112 Å². The van der Waals surface area contributed by atoms with Gasteiger partial charge in [0.05, 0.1) is 31.8 Å². The number of rotatable bonds is 11. The quantitative estimate of drug-likeness (QED) is 0.167. The van der Waals surface area contributed by atoms with Gasteiger partial charge in [0.15, 0.2) is 17.3 Å². The summed E-state index contributed by atoms with van der Waals surface area (Å²) in [6.07, 6.45) is 6.53. The second kappa shape index (κ2) is 17.2. The number of carbonyl (C=O) groups excluding carboxylic acids is 2. The third-order valence-corrected chi connectivity index (χ3v) is 11.3. The number of aryl methyl sites for hydroxylation is 1. The van der Waals surface area contributed by atoms with Crippen molar-refractivity contribution in [3.63, 3.8) is 0 Å². The number of benzene rings is 3.